The SMILES string of the molecule is O=C(N[C@@H](c1ccccc1)C(c1ccccc1)c1ccccc1)c1cc([N+](=O)[O-])cc([N+](=O)[O-])c1. The fourth-order valence-electron chi connectivity index (χ4n) is 4.08. The van der Waals surface area contributed by atoms with Crippen LogP contribution in [0.15, 0.2) is 109 Å². The van der Waals surface area contributed by atoms with E-state index in [2.05, 4.69) is 5.32 Å². The fraction of sp³-hybridized carbons (Fsp3) is 0.0741. The Kier molecular flexibility index (Phi) is 6.92. The zero-order chi connectivity index (χ0) is 24.8. The summed E-state index contributed by atoms with van der Waals surface area (Å²) in [4.78, 5) is 34.5. The van der Waals surface area contributed by atoms with Crippen LogP contribution < -0.4 is 5.32 Å². The molecule has 1 atom stereocenters. The van der Waals surface area contributed by atoms with E-state index in [4.69, 9.17) is 0 Å². The predicted octanol–water partition coefficient (Wildman–Crippen LogP) is 5.81. The third-order valence-corrected chi connectivity index (χ3v) is 5.68. The number of benzene rings is 4. The number of carbonyl (C=O) groups excluding carboxylic acids is 1. The van der Waals surface area contributed by atoms with Gasteiger partial charge in [0, 0.05) is 18.1 Å². The Morgan fingerprint density at radius 2 is 1.03 bits per heavy atom. The van der Waals surface area contributed by atoms with Crippen molar-refractivity contribution >= 4 is 17.3 Å². The van der Waals surface area contributed by atoms with Crippen LogP contribution in [-0.4, -0.2) is 15.8 Å². The molecule has 0 aliphatic carbocycles. The van der Waals surface area contributed by atoms with Crippen molar-refractivity contribution in [2.24, 2.45) is 0 Å². The number of nitrogens with one attached hydrogen (secondary N) is 1. The molecule has 0 bridgehead atoms. The van der Waals surface area contributed by atoms with Crippen molar-refractivity contribution in [3.63, 3.8) is 0 Å². The molecule has 0 saturated heterocycles. The monoisotopic (exact) mass is 467 g/mol. The number of rotatable bonds is 8. The van der Waals surface area contributed by atoms with E-state index in [0.717, 1.165) is 34.9 Å². The quantitative estimate of drug-likeness (QED) is 0.259. The van der Waals surface area contributed by atoms with E-state index in [1.165, 1.54) is 0 Å². The molecule has 4 aromatic carbocycles. The molecule has 0 fully saturated rings. The van der Waals surface area contributed by atoms with Gasteiger partial charge in [-0.2, -0.15) is 0 Å². The average Bonchev–Trinajstić information content (AvgIpc) is 2.89. The summed E-state index contributed by atoms with van der Waals surface area (Å²) in [5.41, 5.74) is 1.52. The Labute approximate surface area is 201 Å². The highest BCUT2D eigenvalue weighted by Gasteiger charge is 2.29. The van der Waals surface area contributed by atoms with Gasteiger partial charge in [-0.3, -0.25) is 25.0 Å². The predicted molar refractivity (Wildman–Crippen MR) is 131 cm³/mol. The Hall–Kier alpha value is -4.85. The highest BCUT2D eigenvalue weighted by atomic mass is 16.6. The molecule has 8 nitrogen and oxygen atoms in total. The number of non-ortho nitro benzene ring substituents is 2. The molecule has 0 aromatic heterocycles. The van der Waals surface area contributed by atoms with Crippen molar-refractivity contribution < 1.29 is 14.6 Å². The first-order chi connectivity index (χ1) is 16.9. The number of nitro groups is 2. The number of amides is 1. The van der Waals surface area contributed by atoms with E-state index in [-0.39, 0.29) is 11.5 Å². The Morgan fingerprint density at radius 3 is 1.43 bits per heavy atom. The Morgan fingerprint density at radius 1 is 0.629 bits per heavy atom. The van der Waals surface area contributed by atoms with Gasteiger partial charge in [0.15, 0.2) is 0 Å². The van der Waals surface area contributed by atoms with Crippen LogP contribution >= 0.6 is 0 Å². The minimum atomic E-state index is -0.755. The second kappa shape index (κ2) is 10.4. The number of hydrogen-bond acceptors (Lipinski definition) is 5. The molecule has 1 N–H and O–H groups in total. The zero-order valence-corrected chi connectivity index (χ0v) is 18.5. The summed E-state index contributed by atoms with van der Waals surface area (Å²) in [6, 6.07) is 31.1. The van der Waals surface area contributed by atoms with E-state index in [1.807, 2.05) is 91.0 Å². The van der Waals surface area contributed by atoms with E-state index >= 15 is 0 Å². The lowest BCUT2D eigenvalue weighted by molar-refractivity contribution is -0.394. The third kappa shape index (κ3) is 5.39. The maximum Gasteiger partial charge on any atom is 0.277 e. The molecule has 0 saturated carbocycles. The van der Waals surface area contributed by atoms with Gasteiger partial charge < -0.3 is 5.32 Å². The lowest BCUT2D eigenvalue weighted by atomic mass is 9.81. The average molecular weight is 467 g/mol. The normalized spacial score (nSPS) is 11.6. The zero-order valence-electron chi connectivity index (χ0n) is 18.5. The summed E-state index contributed by atoms with van der Waals surface area (Å²) in [5.74, 6) is -0.944. The lowest BCUT2D eigenvalue weighted by Crippen LogP contribution is -2.33. The standard InChI is InChI=1S/C27H21N3O5/c31-27(22-16-23(29(32)33)18-24(17-22)30(34)35)28-26(21-14-8-3-9-15-21)25(19-10-4-1-5-11-19)20-12-6-2-7-13-20/h1-18,25-26H,(H,28,31)/t26-/m0/s1. The van der Waals surface area contributed by atoms with Crippen LogP contribution in [0.3, 0.4) is 0 Å². The number of nitro benzene ring substituents is 2. The fourth-order valence-corrected chi connectivity index (χ4v) is 4.08. The van der Waals surface area contributed by atoms with Gasteiger partial charge in [-0.25, -0.2) is 0 Å². The van der Waals surface area contributed by atoms with Crippen LogP contribution in [0.25, 0.3) is 0 Å². The minimum absolute atomic E-state index is 0.160. The Bertz CT molecular complexity index is 1270. The van der Waals surface area contributed by atoms with Crippen LogP contribution in [-0.2, 0) is 0 Å². The molecule has 0 aliphatic heterocycles. The minimum Gasteiger partial charge on any atom is -0.344 e. The van der Waals surface area contributed by atoms with Gasteiger partial charge in [-0.1, -0.05) is 91.0 Å². The van der Waals surface area contributed by atoms with E-state index < -0.39 is 33.2 Å². The summed E-state index contributed by atoms with van der Waals surface area (Å²) >= 11 is 0. The highest BCUT2D eigenvalue weighted by Crippen LogP contribution is 2.37. The second-order valence-corrected chi connectivity index (χ2v) is 7.91. The molecular formula is C27H21N3O5. The van der Waals surface area contributed by atoms with Gasteiger partial charge in [-0.15, -0.1) is 0 Å². The first-order valence-corrected chi connectivity index (χ1v) is 10.8. The molecule has 174 valence electrons. The molecule has 0 aliphatic rings. The van der Waals surface area contributed by atoms with Crippen molar-refractivity contribution in [1.29, 1.82) is 0 Å². The van der Waals surface area contributed by atoms with E-state index in [0.29, 0.717) is 0 Å². The molecular weight excluding hydrogens is 446 g/mol. The smallest absolute Gasteiger partial charge is 0.277 e. The lowest BCUT2D eigenvalue weighted by Gasteiger charge is -2.29. The van der Waals surface area contributed by atoms with Crippen LogP contribution in [0.5, 0.6) is 0 Å². The van der Waals surface area contributed by atoms with Gasteiger partial charge in [0.1, 0.15) is 0 Å². The topological polar surface area (TPSA) is 115 Å². The molecule has 0 radical (unpaired) electrons. The van der Waals surface area contributed by atoms with Crippen molar-refractivity contribution in [2.75, 3.05) is 0 Å². The number of hydrogen-bond donors (Lipinski definition) is 1. The van der Waals surface area contributed by atoms with Crippen LogP contribution in [0.4, 0.5) is 11.4 Å². The van der Waals surface area contributed by atoms with Crippen LogP contribution in [0, 0.1) is 20.2 Å². The third-order valence-electron chi connectivity index (χ3n) is 5.68. The molecule has 4 aromatic rings. The second-order valence-electron chi connectivity index (χ2n) is 7.91. The molecule has 0 unspecified atom stereocenters. The number of nitrogens with zero attached hydrogens (tertiary/aromatic N) is 2. The summed E-state index contributed by atoms with van der Waals surface area (Å²) in [6.07, 6.45) is 0. The van der Waals surface area contributed by atoms with Gasteiger partial charge in [0.25, 0.3) is 17.3 Å². The first-order valence-electron chi connectivity index (χ1n) is 10.8. The highest BCUT2D eigenvalue weighted by molar-refractivity contribution is 5.96. The molecule has 1 amide bonds. The van der Waals surface area contributed by atoms with Crippen LogP contribution in [0.1, 0.15) is 39.0 Å². The van der Waals surface area contributed by atoms with Crippen molar-refractivity contribution in [3.05, 3.63) is 152 Å². The Balaban J connectivity index is 1.81. The van der Waals surface area contributed by atoms with Gasteiger partial charge in [-0.05, 0) is 16.7 Å². The van der Waals surface area contributed by atoms with E-state index in [1.54, 1.807) is 0 Å². The molecule has 4 rings (SSSR count). The first kappa shape index (κ1) is 23.3. The van der Waals surface area contributed by atoms with Crippen molar-refractivity contribution in [2.45, 2.75) is 12.0 Å². The molecule has 0 spiro atoms. The largest absolute Gasteiger partial charge is 0.344 e. The van der Waals surface area contributed by atoms with Gasteiger partial charge in [0.2, 0.25) is 0 Å². The maximum absolute atomic E-state index is 13.4. The van der Waals surface area contributed by atoms with E-state index in [9.17, 15) is 25.0 Å². The molecule has 0 heterocycles. The molecule has 35 heavy (non-hydrogen) atoms. The van der Waals surface area contributed by atoms with Crippen molar-refractivity contribution in [1.82, 2.24) is 5.32 Å². The maximum atomic E-state index is 13.4. The summed E-state index contributed by atoms with van der Waals surface area (Å²) in [7, 11) is 0. The number of carbonyl (C=O) groups is 1. The van der Waals surface area contributed by atoms with Gasteiger partial charge in [0.05, 0.1) is 27.5 Å². The summed E-state index contributed by atoms with van der Waals surface area (Å²) in [5, 5.41) is 25.6. The summed E-state index contributed by atoms with van der Waals surface area (Å²) in [6.45, 7) is 0. The summed E-state index contributed by atoms with van der Waals surface area (Å²) < 4.78 is 0. The van der Waals surface area contributed by atoms with Crippen molar-refractivity contribution in [3.8, 4) is 0 Å². The molecule has 8 heteroatoms. The van der Waals surface area contributed by atoms with Gasteiger partial charge >= 0.3 is 0 Å². The van der Waals surface area contributed by atoms with Crippen LogP contribution in [0.2, 0.25) is 0 Å².